The van der Waals surface area contributed by atoms with Crippen LogP contribution in [0.3, 0.4) is 0 Å². The smallest absolute Gasteiger partial charge is 0.238 e. The molecule has 70 valence electrons. The quantitative estimate of drug-likeness (QED) is 0.404. The number of hydrogen-bond acceptors (Lipinski definition) is 4. The van der Waals surface area contributed by atoms with Crippen LogP contribution < -0.4 is 5.14 Å². The minimum atomic E-state index is -3.64. The van der Waals surface area contributed by atoms with Gasteiger partial charge in [-0.3, -0.25) is 0 Å². The molecule has 3 N–H and O–H groups in total. The molecule has 0 spiro atoms. The molecule has 0 bridgehead atoms. The second-order valence-electron chi connectivity index (χ2n) is 2.36. The lowest BCUT2D eigenvalue weighted by molar-refractivity contribution is 0.322. The van der Waals surface area contributed by atoms with Crippen molar-refractivity contribution in [3.05, 3.63) is 29.8 Å². The highest BCUT2D eigenvalue weighted by molar-refractivity contribution is 7.89. The third-order valence-corrected chi connectivity index (χ3v) is 2.34. The van der Waals surface area contributed by atoms with Crippen LogP contribution in [-0.4, -0.2) is 19.8 Å². The first kappa shape index (κ1) is 9.69. The Kier molecular flexibility index (Phi) is 2.64. The van der Waals surface area contributed by atoms with Gasteiger partial charge in [-0.25, -0.2) is 13.6 Å². The molecule has 0 saturated carbocycles. The maximum Gasteiger partial charge on any atom is 0.238 e. The molecule has 0 heterocycles. The fraction of sp³-hybridized carbons (Fsp3) is 0. The topological polar surface area (TPSA) is 92.8 Å². The fourth-order valence-electron chi connectivity index (χ4n) is 0.810. The first-order valence-corrected chi connectivity index (χ1v) is 4.89. The van der Waals surface area contributed by atoms with E-state index in [1.165, 1.54) is 30.5 Å². The molecule has 13 heavy (non-hydrogen) atoms. The van der Waals surface area contributed by atoms with Crippen LogP contribution in [0.15, 0.2) is 34.3 Å². The predicted octanol–water partition coefficient (Wildman–Crippen LogP) is 0.142. The molecule has 0 atom stereocenters. The van der Waals surface area contributed by atoms with Crippen molar-refractivity contribution >= 4 is 16.2 Å². The molecule has 0 fully saturated rings. The highest BCUT2D eigenvalue weighted by Gasteiger charge is 2.05. The van der Waals surface area contributed by atoms with Crippen LogP contribution in [0.25, 0.3) is 0 Å². The Balaban J connectivity index is 3.08. The van der Waals surface area contributed by atoms with Gasteiger partial charge in [-0.1, -0.05) is 17.3 Å². The van der Waals surface area contributed by atoms with Crippen LogP contribution in [0.4, 0.5) is 0 Å². The zero-order valence-corrected chi connectivity index (χ0v) is 7.40. The van der Waals surface area contributed by atoms with Gasteiger partial charge in [0, 0.05) is 0 Å². The monoisotopic (exact) mass is 200 g/mol. The van der Waals surface area contributed by atoms with Crippen LogP contribution in [0.2, 0.25) is 0 Å². The second-order valence-corrected chi connectivity index (χ2v) is 3.92. The minimum Gasteiger partial charge on any atom is -0.411 e. The van der Waals surface area contributed by atoms with Gasteiger partial charge in [0.2, 0.25) is 10.0 Å². The summed E-state index contributed by atoms with van der Waals surface area (Å²) in [6.45, 7) is 0. The summed E-state index contributed by atoms with van der Waals surface area (Å²) in [6.07, 6.45) is 1.19. The first-order valence-electron chi connectivity index (χ1n) is 3.34. The van der Waals surface area contributed by atoms with Crippen molar-refractivity contribution in [1.82, 2.24) is 0 Å². The molecule has 0 aliphatic heterocycles. The van der Waals surface area contributed by atoms with E-state index in [2.05, 4.69) is 5.16 Å². The van der Waals surface area contributed by atoms with Crippen LogP contribution >= 0.6 is 0 Å². The van der Waals surface area contributed by atoms with Crippen molar-refractivity contribution in [2.24, 2.45) is 10.3 Å². The summed E-state index contributed by atoms with van der Waals surface area (Å²) in [6, 6.07) is 5.65. The SMILES string of the molecule is NS(=O)(=O)c1ccc(C=NO)cc1. The Bertz CT molecular complexity index is 408. The van der Waals surface area contributed by atoms with Crippen molar-refractivity contribution in [3.63, 3.8) is 0 Å². The lowest BCUT2D eigenvalue weighted by atomic mass is 10.2. The van der Waals surface area contributed by atoms with Gasteiger partial charge >= 0.3 is 0 Å². The Hall–Kier alpha value is -1.40. The van der Waals surface area contributed by atoms with Gasteiger partial charge in [0.25, 0.3) is 0 Å². The number of primary sulfonamides is 1. The third-order valence-electron chi connectivity index (χ3n) is 1.42. The van der Waals surface area contributed by atoms with Crippen LogP contribution in [0.1, 0.15) is 5.56 Å². The maximum absolute atomic E-state index is 10.8. The van der Waals surface area contributed by atoms with E-state index < -0.39 is 10.0 Å². The number of nitrogens with two attached hydrogens (primary N) is 1. The van der Waals surface area contributed by atoms with Gasteiger partial charge in [-0.15, -0.1) is 0 Å². The van der Waals surface area contributed by atoms with Crippen LogP contribution in [0.5, 0.6) is 0 Å². The van der Waals surface area contributed by atoms with Crippen molar-refractivity contribution in [2.45, 2.75) is 4.90 Å². The predicted molar refractivity (Wildman–Crippen MR) is 47.2 cm³/mol. The normalized spacial score (nSPS) is 12.1. The Morgan fingerprint density at radius 3 is 2.23 bits per heavy atom. The highest BCUT2D eigenvalue weighted by Crippen LogP contribution is 2.06. The standard InChI is InChI=1S/C7H8N2O3S/c8-13(11,12)7-3-1-6(2-4-7)5-9-10/h1-5,10H,(H2,8,11,12). The number of sulfonamides is 1. The summed E-state index contributed by atoms with van der Waals surface area (Å²) >= 11 is 0. The van der Waals surface area contributed by atoms with E-state index in [-0.39, 0.29) is 4.90 Å². The molecule has 0 amide bonds. The average Bonchev–Trinajstić information content (AvgIpc) is 2.04. The molecule has 1 aromatic rings. The molecule has 0 aliphatic carbocycles. The molecule has 1 rings (SSSR count). The molecule has 5 nitrogen and oxygen atoms in total. The van der Waals surface area contributed by atoms with E-state index in [4.69, 9.17) is 10.3 Å². The fourth-order valence-corrected chi connectivity index (χ4v) is 1.33. The van der Waals surface area contributed by atoms with Gasteiger partial charge in [0.1, 0.15) is 0 Å². The summed E-state index contributed by atoms with van der Waals surface area (Å²) in [5.74, 6) is 0. The molecule has 6 heteroatoms. The summed E-state index contributed by atoms with van der Waals surface area (Å²) in [5.41, 5.74) is 0.593. The second kappa shape index (κ2) is 3.55. The zero-order valence-electron chi connectivity index (χ0n) is 6.58. The molecule has 0 aliphatic rings. The number of oxime groups is 1. The van der Waals surface area contributed by atoms with Gasteiger partial charge in [-0.2, -0.15) is 0 Å². The molecular weight excluding hydrogens is 192 g/mol. The van der Waals surface area contributed by atoms with E-state index >= 15 is 0 Å². The Morgan fingerprint density at radius 2 is 1.85 bits per heavy atom. The highest BCUT2D eigenvalue weighted by atomic mass is 32.2. The van der Waals surface area contributed by atoms with Crippen molar-refractivity contribution in [3.8, 4) is 0 Å². The summed E-state index contributed by atoms with van der Waals surface area (Å²) in [4.78, 5) is 0.0302. The van der Waals surface area contributed by atoms with E-state index in [1.54, 1.807) is 0 Å². The molecule has 0 unspecified atom stereocenters. The van der Waals surface area contributed by atoms with Gasteiger partial charge < -0.3 is 5.21 Å². The van der Waals surface area contributed by atoms with Gasteiger partial charge in [0.15, 0.2) is 0 Å². The first-order chi connectivity index (χ1) is 6.04. The average molecular weight is 200 g/mol. The summed E-state index contributed by atoms with van der Waals surface area (Å²) in [5, 5.41) is 15.8. The minimum absolute atomic E-state index is 0.0302. The van der Waals surface area contributed by atoms with E-state index in [1.807, 2.05) is 0 Å². The third kappa shape index (κ3) is 2.53. The van der Waals surface area contributed by atoms with E-state index in [9.17, 15) is 8.42 Å². The Morgan fingerprint density at radius 1 is 1.31 bits per heavy atom. The molecular formula is C7H8N2O3S. The Labute approximate surface area is 75.5 Å². The number of benzene rings is 1. The lowest BCUT2D eigenvalue weighted by Gasteiger charge is -1.96. The summed E-state index contributed by atoms with van der Waals surface area (Å²) in [7, 11) is -3.64. The molecule has 0 aromatic heterocycles. The number of nitrogens with zero attached hydrogens (tertiary/aromatic N) is 1. The maximum atomic E-state index is 10.8. The van der Waals surface area contributed by atoms with E-state index in [0.717, 1.165) is 0 Å². The summed E-state index contributed by atoms with van der Waals surface area (Å²) < 4.78 is 21.6. The van der Waals surface area contributed by atoms with Gasteiger partial charge in [0.05, 0.1) is 11.1 Å². The van der Waals surface area contributed by atoms with Crippen LogP contribution in [-0.2, 0) is 10.0 Å². The molecule has 0 saturated heterocycles. The number of rotatable bonds is 2. The van der Waals surface area contributed by atoms with Crippen molar-refractivity contribution in [1.29, 1.82) is 0 Å². The zero-order chi connectivity index (χ0) is 9.90. The molecule has 1 aromatic carbocycles. The van der Waals surface area contributed by atoms with Gasteiger partial charge in [-0.05, 0) is 17.7 Å². The number of hydrogen-bond donors (Lipinski definition) is 2. The molecule has 0 radical (unpaired) electrons. The van der Waals surface area contributed by atoms with Crippen LogP contribution in [0, 0.1) is 0 Å². The largest absolute Gasteiger partial charge is 0.411 e. The van der Waals surface area contributed by atoms with Crippen molar-refractivity contribution in [2.75, 3.05) is 0 Å². The lowest BCUT2D eigenvalue weighted by Crippen LogP contribution is -2.11. The van der Waals surface area contributed by atoms with E-state index in [0.29, 0.717) is 5.56 Å². The van der Waals surface area contributed by atoms with Crippen molar-refractivity contribution < 1.29 is 13.6 Å².